The second kappa shape index (κ2) is 7.31. The first-order chi connectivity index (χ1) is 12.5. The maximum atomic E-state index is 12.8. The topological polar surface area (TPSA) is 80.4 Å². The average molecular weight is 352 g/mol. The van der Waals surface area contributed by atoms with E-state index in [0.29, 0.717) is 28.0 Å². The zero-order valence-corrected chi connectivity index (χ0v) is 14.8. The molecule has 0 radical (unpaired) electrons. The van der Waals surface area contributed by atoms with Crippen molar-refractivity contribution in [3.8, 4) is 11.5 Å². The van der Waals surface area contributed by atoms with Crippen molar-refractivity contribution in [2.75, 3.05) is 14.2 Å². The van der Waals surface area contributed by atoms with E-state index in [9.17, 15) is 9.59 Å². The molecule has 0 saturated carbocycles. The number of aromatic nitrogens is 1. The summed E-state index contributed by atoms with van der Waals surface area (Å²) in [4.78, 5) is 27.4. The number of carbonyl (C=O) groups is 1. The zero-order valence-electron chi connectivity index (χ0n) is 14.8. The van der Waals surface area contributed by atoms with Gasteiger partial charge >= 0.3 is 0 Å². The molecule has 2 N–H and O–H groups in total. The van der Waals surface area contributed by atoms with E-state index in [4.69, 9.17) is 9.47 Å². The molecule has 3 aromatic rings. The summed E-state index contributed by atoms with van der Waals surface area (Å²) in [6.07, 6.45) is 0. The molecule has 1 amide bonds. The number of aromatic amines is 1. The van der Waals surface area contributed by atoms with Crippen LogP contribution in [0.2, 0.25) is 0 Å². The van der Waals surface area contributed by atoms with Gasteiger partial charge in [-0.1, -0.05) is 18.2 Å². The van der Waals surface area contributed by atoms with Crippen molar-refractivity contribution in [3.63, 3.8) is 0 Å². The molecular weight excluding hydrogens is 332 g/mol. The minimum atomic E-state index is -0.342. The van der Waals surface area contributed by atoms with Crippen molar-refractivity contribution in [1.82, 2.24) is 10.3 Å². The number of benzene rings is 2. The van der Waals surface area contributed by atoms with E-state index < -0.39 is 0 Å². The molecule has 1 heterocycles. The van der Waals surface area contributed by atoms with E-state index in [0.717, 1.165) is 5.56 Å². The van der Waals surface area contributed by atoms with Gasteiger partial charge in [-0.2, -0.15) is 0 Å². The summed E-state index contributed by atoms with van der Waals surface area (Å²) in [5.74, 6) is 0.988. The lowest BCUT2D eigenvalue weighted by Crippen LogP contribution is -2.28. The highest BCUT2D eigenvalue weighted by atomic mass is 16.5. The van der Waals surface area contributed by atoms with Crippen molar-refractivity contribution in [3.05, 3.63) is 70.0 Å². The molecule has 2 aromatic carbocycles. The number of ether oxygens (including phenoxy) is 2. The minimum Gasteiger partial charge on any atom is -0.497 e. The van der Waals surface area contributed by atoms with Gasteiger partial charge < -0.3 is 19.8 Å². The molecule has 6 heteroatoms. The molecule has 0 fully saturated rings. The third-order valence-corrected chi connectivity index (χ3v) is 4.25. The lowest BCUT2D eigenvalue weighted by atomic mass is 10.0. The fraction of sp³-hybridized carbons (Fsp3) is 0.200. The summed E-state index contributed by atoms with van der Waals surface area (Å²) in [6.45, 7) is 1.85. The molecule has 0 bridgehead atoms. The lowest BCUT2D eigenvalue weighted by Gasteiger charge is -2.18. The second-order valence-corrected chi connectivity index (χ2v) is 5.90. The molecule has 134 valence electrons. The van der Waals surface area contributed by atoms with Crippen molar-refractivity contribution < 1.29 is 14.3 Å². The number of hydrogen-bond donors (Lipinski definition) is 2. The summed E-state index contributed by atoms with van der Waals surface area (Å²) in [7, 11) is 3.15. The Morgan fingerprint density at radius 1 is 1.08 bits per heavy atom. The predicted molar refractivity (Wildman–Crippen MR) is 100.0 cm³/mol. The number of nitrogens with one attached hydrogen (secondary N) is 2. The molecule has 6 nitrogen and oxygen atoms in total. The van der Waals surface area contributed by atoms with Gasteiger partial charge in [0.25, 0.3) is 5.91 Å². The summed E-state index contributed by atoms with van der Waals surface area (Å²) >= 11 is 0. The second-order valence-electron chi connectivity index (χ2n) is 5.90. The number of pyridine rings is 1. The number of para-hydroxylation sites is 1. The van der Waals surface area contributed by atoms with Gasteiger partial charge in [-0.25, -0.2) is 0 Å². The first-order valence-electron chi connectivity index (χ1n) is 8.18. The number of carbonyl (C=O) groups excluding carboxylic acids is 1. The average Bonchev–Trinajstić information content (AvgIpc) is 2.66. The van der Waals surface area contributed by atoms with Crippen LogP contribution in [0.1, 0.15) is 28.9 Å². The van der Waals surface area contributed by atoms with Crippen LogP contribution in [0.15, 0.2) is 53.3 Å². The Morgan fingerprint density at radius 2 is 1.85 bits per heavy atom. The van der Waals surface area contributed by atoms with Crippen LogP contribution in [-0.2, 0) is 0 Å². The van der Waals surface area contributed by atoms with Crippen molar-refractivity contribution in [2.45, 2.75) is 13.0 Å². The summed E-state index contributed by atoms with van der Waals surface area (Å²) in [5, 5.41) is 3.62. The van der Waals surface area contributed by atoms with Gasteiger partial charge in [-0.3, -0.25) is 9.59 Å². The Kier molecular flexibility index (Phi) is 4.93. The summed E-state index contributed by atoms with van der Waals surface area (Å²) in [6, 6.07) is 13.6. The molecule has 0 aliphatic carbocycles. The molecule has 26 heavy (non-hydrogen) atoms. The van der Waals surface area contributed by atoms with E-state index in [-0.39, 0.29) is 17.5 Å². The third-order valence-electron chi connectivity index (χ3n) is 4.25. The van der Waals surface area contributed by atoms with Gasteiger partial charge in [0, 0.05) is 22.5 Å². The number of fused-ring (bicyclic) bond motifs is 1. The molecular formula is C20H20N2O4. The van der Waals surface area contributed by atoms with E-state index in [1.807, 2.05) is 25.1 Å². The summed E-state index contributed by atoms with van der Waals surface area (Å²) < 4.78 is 10.6. The fourth-order valence-corrected chi connectivity index (χ4v) is 2.92. The molecule has 1 atom stereocenters. The van der Waals surface area contributed by atoms with E-state index >= 15 is 0 Å². The number of methoxy groups -OCH3 is 2. The van der Waals surface area contributed by atoms with Gasteiger partial charge in [0.15, 0.2) is 0 Å². The largest absolute Gasteiger partial charge is 0.497 e. The molecule has 0 aliphatic rings. The lowest BCUT2D eigenvalue weighted by molar-refractivity contribution is 0.0941. The minimum absolute atomic E-state index is 0.319. The van der Waals surface area contributed by atoms with Gasteiger partial charge in [-0.05, 0) is 31.2 Å². The Bertz CT molecular complexity index is 1010. The number of rotatable bonds is 5. The van der Waals surface area contributed by atoms with Crippen LogP contribution in [0.5, 0.6) is 11.5 Å². The first kappa shape index (κ1) is 17.5. The highest BCUT2D eigenvalue weighted by Crippen LogP contribution is 2.29. The van der Waals surface area contributed by atoms with Crippen LogP contribution in [0, 0.1) is 0 Å². The van der Waals surface area contributed by atoms with Crippen LogP contribution in [-0.4, -0.2) is 25.1 Å². The monoisotopic (exact) mass is 352 g/mol. The Balaban J connectivity index is 1.95. The maximum Gasteiger partial charge on any atom is 0.252 e. The first-order valence-corrected chi connectivity index (χ1v) is 8.18. The number of H-pyrrole nitrogens is 1. The Hall–Kier alpha value is -3.28. The van der Waals surface area contributed by atoms with Crippen LogP contribution in [0.3, 0.4) is 0 Å². The third kappa shape index (κ3) is 3.39. The molecule has 0 aliphatic heterocycles. The SMILES string of the molecule is COc1ccc(OC)c(C(C)NC(=O)c2cc(=O)[nH]c3ccccc23)c1. The van der Waals surface area contributed by atoms with Crippen molar-refractivity contribution >= 4 is 16.8 Å². The quantitative estimate of drug-likeness (QED) is 0.740. The van der Waals surface area contributed by atoms with Crippen LogP contribution in [0.25, 0.3) is 10.9 Å². The summed E-state index contributed by atoms with van der Waals surface area (Å²) in [5.41, 5.74) is 1.42. The fourth-order valence-electron chi connectivity index (χ4n) is 2.92. The van der Waals surface area contributed by atoms with Crippen LogP contribution < -0.4 is 20.3 Å². The van der Waals surface area contributed by atoms with Gasteiger partial charge in [0.2, 0.25) is 5.56 Å². The van der Waals surface area contributed by atoms with Crippen molar-refractivity contribution in [1.29, 1.82) is 0 Å². The Labute approximate surface area is 150 Å². The maximum absolute atomic E-state index is 12.8. The molecule has 3 rings (SSSR count). The van der Waals surface area contributed by atoms with Crippen LogP contribution >= 0.6 is 0 Å². The molecule has 1 aromatic heterocycles. The molecule has 1 unspecified atom stereocenters. The predicted octanol–water partition coefficient (Wildman–Crippen LogP) is 3.04. The van der Waals surface area contributed by atoms with E-state index in [1.54, 1.807) is 38.5 Å². The molecule has 0 spiro atoms. The number of hydrogen-bond acceptors (Lipinski definition) is 4. The van der Waals surface area contributed by atoms with Gasteiger partial charge in [0.1, 0.15) is 11.5 Å². The van der Waals surface area contributed by atoms with Gasteiger partial charge in [0.05, 0.1) is 25.8 Å². The number of amides is 1. The normalized spacial score (nSPS) is 11.8. The standard InChI is InChI=1S/C20H20N2O4/c1-12(15-10-13(25-2)8-9-18(15)26-3)21-20(24)16-11-19(23)22-17-7-5-4-6-14(16)17/h4-12H,1-3H3,(H,21,24)(H,22,23). The smallest absolute Gasteiger partial charge is 0.252 e. The zero-order chi connectivity index (χ0) is 18.7. The Morgan fingerprint density at radius 3 is 2.58 bits per heavy atom. The van der Waals surface area contributed by atoms with Crippen molar-refractivity contribution in [2.24, 2.45) is 0 Å². The van der Waals surface area contributed by atoms with Crippen LogP contribution in [0.4, 0.5) is 0 Å². The highest BCUT2D eigenvalue weighted by Gasteiger charge is 2.18. The van der Waals surface area contributed by atoms with E-state index in [1.165, 1.54) is 6.07 Å². The molecule has 0 saturated heterocycles. The van der Waals surface area contributed by atoms with Gasteiger partial charge in [-0.15, -0.1) is 0 Å². The highest BCUT2D eigenvalue weighted by molar-refractivity contribution is 6.06. The van der Waals surface area contributed by atoms with E-state index in [2.05, 4.69) is 10.3 Å².